The van der Waals surface area contributed by atoms with Gasteiger partial charge in [0.1, 0.15) is 5.75 Å². The molecule has 5 heteroatoms. The summed E-state index contributed by atoms with van der Waals surface area (Å²) < 4.78 is 5.06. The number of carbonyl (C=O) groups is 1. The number of nitrogens with zero attached hydrogens (tertiary/aromatic N) is 1. The summed E-state index contributed by atoms with van der Waals surface area (Å²) in [6.45, 7) is 2.86. The van der Waals surface area contributed by atoms with Gasteiger partial charge in [-0.2, -0.15) is 0 Å². The topological polar surface area (TPSA) is 41.6 Å². The van der Waals surface area contributed by atoms with Crippen molar-refractivity contribution in [3.63, 3.8) is 0 Å². The summed E-state index contributed by atoms with van der Waals surface area (Å²) in [5.41, 5.74) is 0.792. The molecule has 1 aromatic carbocycles. The highest BCUT2D eigenvalue weighted by Gasteiger charge is 2.25. The molecule has 92 valence electrons. The van der Waals surface area contributed by atoms with Crippen LogP contribution in [0.25, 0.3) is 0 Å². The fraction of sp³-hybridized carbons (Fsp3) is 0.417. The zero-order chi connectivity index (χ0) is 12.3. The molecule has 1 fully saturated rings. The third-order valence-electron chi connectivity index (χ3n) is 2.73. The summed E-state index contributed by atoms with van der Waals surface area (Å²) in [5.74, 6) is 1.80. The molecule has 1 N–H and O–H groups in total. The van der Waals surface area contributed by atoms with Gasteiger partial charge in [-0.05, 0) is 31.2 Å². The van der Waals surface area contributed by atoms with Crippen LogP contribution < -0.4 is 10.1 Å². The molecule has 0 radical (unpaired) electrons. The van der Waals surface area contributed by atoms with Crippen LogP contribution in [0.3, 0.4) is 0 Å². The Kier molecular flexibility index (Phi) is 3.78. The minimum atomic E-state index is -0.0346. The molecule has 1 aromatic rings. The molecule has 2 rings (SSSR count). The minimum absolute atomic E-state index is 0.0346. The van der Waals surface area contributed by atoms with Crippen molar-refractivity contribution in [1.29, 1.82) is 0 Å². The van der Waals surface area contributed by atoms with Gasteiger partial charge in [0.2, 0.25) is 0 Å². The van der Waals surface area contributed by atoms with E-state index in [2.05, 4.69) is 5.32 Å². The van der Waals surface area contributed by atoms with Gasteiger partial charge < -0.3 is 15.0 Å². The predicted molar refractivity (Wildman–Crippen MR) is 70.6 cm³/mol. The summed E-state index contributed by atoms with van der Waals surface area (Å²) in [5, 5.41) is 3.14. The monoisotopic (exact) mass is 252 g/mol. The van der Waals surface area contributed by atoms with Gasteiger partial charge in [0.15, 0.2) is 0 Å². The number of hydrogen-bond acceptors (Lipinski definition) is 3. The van der Waals surface area contributed by atoms with Crippen molar-refractivity contribution in [2.45, 2.75) is 12.3 Å². The molecule has 17 heavy (non-hydrogen) atoms. The second-order valence-electron chi connectivity index (χ2n) is 3.82. The third kappa shape index (κ3) is 2.85. The van der Waals surface area contributed by atoms with E-state index < -0.39 is 0 Å². The third-order valence-corrected chi connectivity index (χ3v) is 3.89. The van der Waals surface area contributed by atoms with Crippen molar-refractivity contribution in [2.24, 2.45) is 0 Å². The quantitative estimate of drug-likeness (QED) is 0.879. The van der Waals surface area contributed by atoms with E-state index in [1.807, 2.05) is 36.1 Å². The van der Waals surface area contributed by atoms with E-state index >= 15 is 0 Å². The van der Waals surface area contributed by atoms with Gasteiger partial charge in [-0.15, -0.1) is 11.8 Å². The normalized spacial score (nSPS) is 19.2. The van der Waals surface area contributed by atoms with E-state index in [1.165, 1.54) is 0 Å². The summed E-state index contributed by atoms with van der Waals surface area (Å²) in [4.78, 5) is 13.8. The van der Waals surface area contributed by atoms with Gasteiger partial charge in [0.25, 0.3) is 0 Å². The SMILES string of the molecule is COc1ccc(NC(=O)N2CCS[C@H]2C)cc1. The molecule has 1 aliphatic rings. The molecule has 0 unspecified atom stereocenters. The Bertz CT molecular complexity index is 394. The van der Waals surface area contributed by atoms with Crippen LogP contribution in [0.1, 0.15) is 6.92 Å². The van der Waals surface area contributed by atoms with E-state index in [9.17, 15) is 4.79 Å². The first-order valence-electron chi connectivity index (χ1n) is 5.54. The van der Waals surface area contributed by atoms with Crippen LogP contribution in [-0.4, -0.2) is 35.7 Å². The van der Waals surface area contributed by atoms with Crippen molar-refractivity contribution in [3.05, 3.63) is 24.3 Å². The summed E-state index contributed by atoms with van der Waals surface area (Å²) in [7, 11) is 1.62. The molecular formula is C12H16N2O2S. The highest BCUT2D eigenvalue weighted by atomic mass is 32.2. The predicted octanol–water partition coefficient (Wildman–Crippen LogP) is 2.62. The summed E-state index contributed by atoms with van der Waals surface area (Å²) in [6.07, 6.45) is 0. The van der Waals surface area contributed by atoms with Crippen LogP contribution in [0.5, 0.6) is 5.75 Å². The number of nitrogens with one attached hydrogen (secondary N) is 1. The van der Waals surface area contributed by atoms with Crippen LogP contribution >= 0.6 is 11.8 Å². The number of methoxy groups -OCH3 is 1. The lowest BCUT2D eigenvalue weighted by molar-refractivity contribution is 0.216. The van der Waals surface area contributed by atoms with Crippen LogP contribution in [0.15, 0.2) is 24.3 Å². The number of thioether (sulfide) groups is 1. The Morgan fingerprint density at radius 2 is 2.18 bits per heavy atom. The Morgan fingerprint density at radius 3 is 2.71 bits per heavy atom. The highest BCUT2D eigenvalue weighted by molar-refractivity contribution is 8.00. The molecule has 1 atom stereocenters. The Labute approximate surface area is 105 Å². The van der Waals surface area contributed by atoms with Crippen molar-refractivity contribution < 1.29 is 9.53 Å². The van der Waals surface area contributed by atoms with Crippen molar-refractivity contribution >= 4 is 23.5 Å². The van der Waals surface area contributed by atoms with E-state index in [-0.39, 0.29) is 11.4 Å². The molecular weight excluding hydrogens is 236 g/mol. The number of urea groups is 1. The Morgan fingerprint density at radius 1 is 1.47 bits per heavy atom. The number of ether oxygens (including phenoxy) is 1. The maximum absolute atomic E-state index is 11.9. The lowest BCUT2D eigenvalue weighted by Crippen LogP contribution is -2.36. The summed E-state index contributed by atoms with van der Waals surface area (Å²) >= 11 is 1.80. The number of carbonyl (C=O) groups excluding carboxylic acids is 1. The second kappa shape index (κ2) is 5.31. The molecule has 1 saturated heterocycles. The average molecular weight is 252 g/mol. The first-order valence-corrected chi connectivity index (χ1v) is 6.59. The molecule has 2 amide bonds. The number of rotatable bonds is 2. The molecule has 1 aliphatic heterocycles. The zero-order valence-corrected chi connectivity index (χ0v) is 10.8. The minimum Gasteiger partial charge on any atom is -0.497 e. The van der Waals surface area contributed by atoms with Crippen LogP contribution in [-0.2, 0) is 0 Å². The van der Waals surface area contributed by atoms with Gasteiger partial charge in [0.05, 0.1) is 12.5 Å². The van der Waals surface area contributed by atoms with Gasteiger partial charge in [-0.3, -0.25) is 0 Å². The highest BCUT2D eigenvalue weighted by Crippen LogP contribution is 2.24. The van der Waals surface area contributed by atoms with Crippen LogP contribution in [0.2, 0.25) is 0 Å². The Balaban J connectivity index is 1.97. The molecule has 1 heterocycles. The van der Waals surface area contributed by atoms with Crippen molar-refractivity contribution in [2.75, 3.05) is 24.7 Å². The molecule has 0 aromatic heterocycles. The first kappa shape index (κ1) is 12.1. The fourth-order valence-electron chi connectivity index (χ4n) is 1.73. The summed E-state index contributed by atoms with van der Waals surface area (Å²) in [6, 6.07) is 7.30. The zero-order valence-electron chi connectivity index (χ0n) is 9.97. The van der Waals surface area contributed by atoms with E-state index in [0.717, 1.165) is 23.7 Å². The van der Waals surface area contributed by atoms with E-state index in [1.54, 1.807) is 18.9 Å². The number of hydrogen-bond donors (Lipinski definition) is 1. The molecule has 0 bridgehead atoms. The molecule has 4 nitrogen and oxygen atoms in total. The number of anilines is 1. The first-order chi connectivity index (χ1) is 8.20. The van der Waals surface area contributed by atoms with Crippen LogP contribution in [0, 0.1) is 0 Å². The standard InChI is InChI=1S/C12H16N2O2S/c1-9-14(7-8-17-9)12(15)13-10-3-5-11(16-2)6-4-10/h3-6,9H,7-8H2,1-2H3,(H,13,15)/t9-/m0/s1. The van der Waals surface area contributed by atoms with Gasteiger partial charge in [-0.1, -0.05) is 0 Å². The largest absolute Gasteiger partial charge is 0.497 e. The second-order valence-corrected chi connectivity index (χ2v) is 5.25. The van der Waals surface area contributed by atoms with Gasteiger partial charge >= 0.3 is 6.03 Å². The number of benzene rings is 1. The maximum atomic E-state index is 11.9. The van der Waals surface area contributed by atoms with Gasteiger partial charge in [-0.25, -0.2) is 4.79 Å². The molecule has 0 saturated carbocycles. The fourth-order valence-corrected chi connectivity index (χ4v) is 2.75. The van der Waals surface area contributed by atoms with Crippen molar-refractivity contribution in [1.82, 2.24) is 4.90 Å². The smallest absolute Gasteiger partial charge is 0.322 e. The van der Waals surface area contributed by atoms with Gasteiger partial charge in [0, 0.05) is 18.0 Å². The van der Waals surface area contributed by atoms with Crippen LogP contribution in [0.4, 0.5) is 10.5 Å². The lowest BCUT2D eigenvalue weighted by Gasteiger charge is -2.20. The number of amides is 2. The molecule has 0 spiro atoms. The average Bonchev–Trinajstić information content (AvgIpc) is 2.76. The lowest BCUT2D eigenvalue weighted by atomic mass is 10.3. The van der Waals surface area contributed by atoms with E-state index in [0.29, 0.717) is 0 Å². The maximum Gasteiger partial charge on any atom is 0.322 e. The van der Waals surface area contributed by atoms with E-state index in [4.69, 9.17) is 4.74 Å². The molecule has 0 aliphatic carbocycles. The Hall–Kier alpha value is -1.36. The van der Waals surface area contributed by atoms with Crippen molar-refractivity contribution in [3.8, 4) is 5.75 Å².